The van der Waals surface area contributed by atoms with Gasteiger partial charge in [0, 0.05) is 13.0 Å². The molecule has 2 atom stereocenters. The summed E-state index contributed by atoms with van der Waals surface area (Å²) < 4.78 is 69.9. The zero-order valence-corrected chi connectivity index (χ0v) is 13.6. The van der Waals surface area contributed by atoms with Gasteiger partial charge in [-0.05, 0) is 13.8 Å². The zero-order chi connectivity index (χ0) is 18.8. The van der Waals surface area contributed by atoms with Crippen molar-refractivity contribution in [3.05, 3.63) is 17.8 Å². The second-order valence-corrected chi connectivity index (χ2v) is 6.27. The molecule has 6 nitrogen and oxygen atoms in total. The second kappa shape index (κ2) is 5.23. The number of aromatic nitrogens is 5. The molecule has 1 aliphatic heterocycles. The van der Waals surface area contributed by atoms with Crippen LogP contribution in [0.1, 0.15) is 44.9 Å². The van der Waals surface area contributed by atoms with E-state index in [-0.39, 0.29) is 18.1 Å². The van der Waals surface area contributed by atoms with E-state index in [0.29, 0.717) is 6.92 Å². The first-order valence-electron chi connectivity index (χ1n) is 7.60. The number of aliphatic hydroxyl groups is 1. The highest BCUT2D eigenvalue weighted by atomic mass is 19.4. The van der Waals surface area contributed by atoms with E-state index < -0.39 is 41.8 Å². The van der Waals surface area contributed by atoms with Crippen LogP contribution in [-0.4, -0.2) is 35.6 Å². The number of nitrogens with zero attached hydrogens (tertiary/aromatic N) is 5. The van der Waals surface area contributed by atoms with Crippen molar-refractivity contribution in [3.8, 4) is 11.5 Å². The van der Waals surface area contributed by atoms with Crippen LogP contribution in [0.2, 0.25) is 0 Å². The van der Waals surface area contributed by atoms with Gasteiger partial charge in [-0.1, -0.05) is 6.92 Å². The van der Waals surface area contributed by atoms with Gasteiger partial charge in [-0.3, -0.25) is 0 Å². The fourth-order valence-corrected chi connectivity index (χ4v) is 2.90. The Bertz CT molecular complexity index is 807. The highest BCUT2D eigenvalue weighted by Crippen LogP contribution is 2.43. The highest BCUT2D eigenvalue weighted by Gasteiger charge is 2.55. The molecule has 0 aliphatic carbocycles. The van der Waals surface area contributed by atoms with Crippen molar-refractivity contribution in [2.24, 2.45) is 0 Å². The standard InChI is InChI=1S/C14H16F5N5O/c1-4-13(15,16)11-22-21-9-8-5-20-10(12(3,25)14(17,18)19)24(8)7(2)6-23(9)11/h5,7,25H,4,6H2,1-3H3/t7-,12?/m0/s1. The third-order valence-electron chi connectivity index (χ3n) is 4.42. The first-order valence-corrected chi connectivity index (χ1v) is 7.60. The van der Waals surface area contributed by atoms with Gasteiger partial charge in [-0.25, -0.2) is 4.98 Å². The van der Waals surface area contributed by atoms with Crippen molar-refractivity contribution in [2.45, 2.75) is 57.5 Å². The summed E-state index contributed by atoms with van der Waals surface area (Å²) in [5.41, 5.74) is -3.08. The van der Waals surface area contributed by atoms with Crippen molar-refractivity contribution in [2.75, 3.05) is 0 Å². The third-order valence-corrected chi connectivity index (χ3v) is 4.42. The Hall–Kier alpha value is -2.04. The van der Waals surface area contributed by atoms with Crippen LogP contribution < -0.4 is 0 Å². The van der Waals surface area contributed by atoms with Crippen LogP contribution >= 0.6 is 0 Å². The maximum atomic E-state index is 14.0. The molecule has 25 heavy (non-hydrogen) atoms. The molecule has 0 bridgehead atoms. The van der Waals surface area contributed by atoms with Gasteiger partial charge in [0.1, 0.15) is 5.69 Å². The van der Waals surface area contributed by atoms with Crippen molar-refractivity contribution < 1.29 is 27.1 Å². The van der Waals surface area contributed by atoms with E-state index in [4.69, 9.17) is 0 Å². The molecular weight excluding hydrogens is 349 g/mol. The summed E-state index contributed by atoms with van der Waals surface area (Å²) in [4.78, 5) is 3.70. The second-order valence-electron chi connectivity index (χ2n) is 6.27. The quantitative estimate of drug-likeness (QED) is 0.849. The van der Waals surface area contributed by atoms with Crippen LogP contribution in [0.25, 0.3) is 11.5 Å². The third kappa shape index (κ3) is 2.43. The van der Waals surface area contributed by atoms with E-state index in [9.17, 15) is 27.1 Å². The van der Waals surface area contributed by atoms with Crippen molar-refractivity contribution >= 4 is 0 Å². The molecule has 138 valence electrons. The number of hydrogen-bond acceptors (Lipinski definition) is 4. The summed E-state index contributed by atoms with van der Waals surface area (Å²) >= 11 is 0. The largest absolute Gasteiger partial charge is 0.424 e. The lowest BCUT2D eigenvalue weighted by Gasteiger charge is -2.32. The fraction of sp³-hybridized carbons (Fsp3) is 0.643. The average Bonchev–Trinajstić information content (AvgIpc) is 3.10. The Morgan fingerprint density at radius 1 is 1.20 bits per heavy atom. The van der Waals surface area contributed by atoms with Crippen molar-refractivity contribution in [3.63, 3.8) is 0 Å². The van der Waals surface area contributed by atoms with E-state index in [1.165, 1.54) is 16.1 Å². The molecule has 0 amide bonds. The van der Waals surface area contributed by atoms with Crippen molar-refractivity contribution in [1.82, 2.24) is 24.3 Å². The van der Waals surface area contributed by atoms with E-state index in [2.05, 4.69) is 15.2 Å². The summed E-state index contributed by atoms with van der Waals surface area (Å²) in [6.45, 7) is 3.40. The SMILES string of the molecule is CCC(F)(F)c1nnc2n1C[C@H](C)n1c-2cnc1C(C)(O)C(F)(F)F. The van der Waals surface area contributed by atoms with Crippen LogP contribution in [0.4, 0.5) is 22.0 Å². The first-order chi connectivity index (χ1) is 11.4. The van der Waals surface area contributed by atoms with Crippen LogP contribution in [0, 0.1) is 0 Å². The fourth-order valence-electron chi connectivity index (χ4n) is 2.90. The summed E-state index contributed by atoms with van der Waals surface area (Å²) in [6, 6.07) is -0.656. The summed E-state index contributed by atoms with van der Waals surface area (Å²) in [6.07, 6.45) is -4.34. The molecule has 0 aromatic carbocycles. The molecule has 2 aromatic rings. The predicted octanol–water partition coefficient (Wildman–Crippen LogP) is 2.99. The van der Waals surface area contributed by atoms with Gasteiger partial charge in [0.2, 0.25) is 11.4 Å². The Labute approximate surface area is 139 Å². The number of rotatable bonds is 3. The first kappa shape index (κ1) is 17.8. The maximum absolute atomic E-state index is 14.0. The number of fused-ring (bicyclic) bond motifs is 3. The Kier molecular flexibility index (Phi) is 3.72. The molecule has 0 saturated carbocycles. The minimum Gasteiger partial charge on any atom is -0.374 e. The van der Waals surface area contributed by atoms with Crippen LogP contribution in [0.15, 0.2) is 6.20 Å². The summed E-state index contributed by atoms with van der Waals surface area (Å²) in [5.74, 6) is -4.35. The molecule has 3 heterocycles. The van der Waals surface area contributed by atoms with Crippen LogP contribution in [0.5, 0.6) is 0 Å². The number of imidazole rings is 1. The van der Waals surface area contributed by atoms with Gasteiger partial charge in [-0.2, -0.15) is 22.0 Å². The van der Waals surface area contributed by atoms with Gasteiger partial charge in [0.25, 0.3) is 0 Å². The molecule has 1 unspecified atom stereocenters. The van der Waals surface area contributed by atoms with Crippen LogP contribution in [-0.2, 0) is 18.1 Å². The van der Waals surface area contributed by atoms with Gasteiger partial charge in [0.15, 0.2) is 11.6 Å². The van der Waals surface area contributed by atoms with E-state index in [0.717, 1.165) is 6.20 Å². The monoisotopic (exact) mass is 365 g/mol. The van der Waals surface area contributed by atoms with Gasteiger partial charge in [-0.15, -0.1) is 10.2 Å². The molecule has 0 fully saturated rings. The van der Waals surface area contributed by atoms with Gasteiger partial charge in [0.05, 0.1) is 12.2 Å². The minimum absolute atomic E-state index is 0.00190. The van der Waals surface area contributed by atoms with Crippen molar-refractivity contribution in [1.29, 1.82) is 0 Å². The lowest BCUT2D eigenvalue weighted by atomic mass is 10.0. The normalized spacial score (nSPS) is 20.1. The Morgan fingerprint density at radius 2 is 1.84 bits per heavy atom. The molecule has 2 aromatic heterocycles. The molecule has 0 spiro atoms. The molecule has 1 aliphatic rings. The maximum Gasteiger partial charge on any atom is 0.424 e. The molecule has 0 saturated heterocycles. The number of halogens is 5. The summed E-state index contributed by atoms with van der Waals surface area (Å²) in [7, 11) is 0. The van der Waals surface area contributed by atoms with E-state index in [1.807, 2.05) is 0 Å². The minimum atomic E-state index is -4.94. The van der Waals surface area contributed by atoms with Gasteiger partial charge < -0.3 is 14.2 Å². The van der Waals surface area contributed by atoms with E-state index >= 15 is 0 Å². The van der Waals surface area contributed by atoms with E-state index in [1.54, 1.807) is 6.92 Å². The summed E-state index contributed by atoms with van der Waals surface area (Å²) in [5, 5.41) is 17.2. The predicted molar refractivity (Wildman–Crippen MR) is 75.8 cm³/mol. The smallest absolute Gasteiger partial charge is 0.374 e. The molecule has 3 rings (SSSR count). The molecule has 0 radical (unpaired) electrons. The highest BCUT2D eigenvalue weighted by molar-refractivity contribution is 5.52. The Morgan fingerprint density at radius 3 is 2.40 bits per heavy atom. The average molecular weight is 365 g/mol. The van der Waals surface area contributed by atoms with Crippen LogP contribution in [0.3, 0.4) is 0 Å². The zero-order valence-electron chi connectivity index (χ0n) is 13.6. The molecule has 11 heteroatoms. The van der Waals surface area contributed by atoms with Gasteiger partial charge >= 0.3 is 12.1 Å². The lowest BCUT2D eigenvalue weighted by molar-refractivity contribution is -0.262. The molecule has 1 N–H and O–H groups in total. The Balaban J connectivity index is 2.18. The number of alkyl halides is 5. The molecular formula is C14H16F5N5O. The lowest BCUT2D eigenvalue weighted by Crippen LogP contribution is -2.42. The number of hydrogen-bond donors (Lipinski definition) is 1. The topological polar surface area (TPSA) is 68.8 Å².